The van der Waals surface area contributed by atoms with Crippen LogP contribution in [0, 0.1) is 5.92 Å². The van der Waals surface area contributed by atoms with Crippen LogP contribution in [0.25, 0.3) is 0 Å². The molecule has 2 rings (SSSR count). The van der Waals surface area contributed by atoms with E-state index in [0.717, 1.165) is 16.6 Å². The minimum absolute atomic E-state index is 0.108. The number of aromatic nitrogens is 1. The van der Waals surface area contributed by atoms with Gasteiger partial charge in [0.25, 0.3) is 0 Å². The number of rotatable bonds is 6. The Hall–Kier alpha value is -0.490. The van der Waals surface area contributed by atoms with E-state index in [1.165, 1.54) is 32.1 Å². The maximum atomic E-state index is 5.77. The van der Waals surface area contributed by atoms with Crippen molar-refractivity contribution in [2.24, 2.45) is 11.8 Å². The van der Waals surface area contributed by atoms with Gasteiger partial charge in [0.15, 0.2) is 0 Å². The van der Waals surface area contributed by atoms with Crippen molar-refractivity contribution in [3.05, 3.63) is 28.5 Å². The third-order valence-electron chi connectivity index (χ3n) is 4.21. The van der Waals surface area contributed by atoms with Gasteiger partial charge in [-0.05, 0) is 46.8 Å². The second kappa shape index (κ2) is 8.08. The fourth-order valence-electron chi connectivity index (χ4n) is 3.17. The van der Waals surface area contributed by atoms with Crippen molar-refractivity contribution < 1.29 is 4.74 Å². The van der Waals surface area contributed by atoms with Crippen LogP contribution in [0.4, 0.5) is 0 Å². The molecule has 4 nitrogen and oxygen atoms in total. The number of ether oxygens (including phenoxy) is 1. The van der Waals surface area contributed by atoms with Crippen molar-refractivity contribution in [2.75, 3.05) is 7.11 Å². The van der Waals surface area contributed by atoms with Gasteiger partial charge in [-0.2, -0.15) is 0 Å². The quantitative estimate of drug-likeness (QED) is 0.617. The number of nitrogens with zero attached hydrogens (tertiary/aromatic N) is 1. The van der Waals surface area contributed by atoms with E-state index in [1.807, 2.05) is 18.3 Å². The lowest BCUT2D eigenvalue weighted by Gasteiger charge is -2.34. The number of nitrogens with two attached hydrogens (primary N) is 1. The highest BCUT2D eigenvalue weighted by Gasteiger charge is 2.30. The molecule has 112 valence electrons. The maximum Gasteiger partial charge on any atom is 0.0769 e. The first-order valence-electron chi connectivity index (χ1n) is 7.34. The molecular weight excluding hydrogens is 318 g/mol. The average molecular weight is 342 g/mol. The lowest BCUT2D eigenvalue weighted by molar-refractivity contribution is 0.00805. The monoisotopic (exact) mass is 341 g/mol. The topological polar surface area (TPSA) is 60.2 Å². The van der Waals surface area contributed by atoms with Gasteiger partial charge in [0.1, 0.15) is 0 Å². The molecule has 1 aromatic rings. The summed E-state index contributed by atoms with van der Waals surface area (Å²) >= 11 is 3.41. The third-order valence-corrected chi connectivity index (χ3v) is 4.68. The molecule has 1 aliphatic carbocycles. The highest BCUT2D eigenvalue weighted by atomic mass is 79.9. The Balaban J connectivity index is 2.02. The van der Waals surface area contributed by atoms with Crippen molar-refractivity contribution in [3.63, 3.8) is 0 Å². The molecule has 0 bridgehead atoms. The number of hydrogen-bond acceptors (Lipinski definition) is 4. The normalized spacial score (nSPS) is 19.8. The number of hydrazine groups is 1. The zero-order chi connectivity index (χ0) is 14.4. The molecule has 20 heavy (non-hydrogen) atoms. The summed E-state index contributed by atoms with van der Waals surface area (Å²) in [5, 5.41) is 0. The second-order valence-electron chi connectivity index (χ2n) is 5.54. The lowest BCUT2D eigenvalue weighted by atomic mass is 9.81. The van der Waals surface area contributed by atoms with E-state index in [1.54, 1.807) is 7.11 Å². The van der Waals surface area contributed by atoms with Gasteiger partial charge in [0, 0.05) is 29.9 Å². The highest BCUT2D eigenvalue weighted by molar-refractivity contribution is 9.10. The third kappa shape index (κ3) is 4.25. The Bertz CT molecular complexity index is 393. The van der Waals surface area contributed by atoms with E-state index in [4.69, 9.17) is 10.6 Å². The molecule has 0 aromatic carbocycles. The van der Waals surface area contributed by atoms with Crippen LogP contribution in [0.2, 0.25) is 0 Å². The Morgan fingerprint density at radius 1 is 1.40 bits per heavy atom. The Kier molecular flexibility index (Phi) is 6.42. The highest BCUT2D eigenvalue weighted by Crippen LogP contribution is 2.29. The summed E-state index contributed by atoms with van der Waals surface area (Å²) in [6.07, 6.45) is 9.21. The number of pyridine rings is 1. The molecular formula is C15H24BrN3O. The molecule has 0 amide bonds. The lowest BCUT2D eigenvalue weighted by Crippen LogP contribution is -2.50. The second-order valence-corrected chi connectivity index (χ2v) is 6.46. The molecule has 1 heterocycles. The molecule has 0 saturated heterocycles. The molecule has 0 radical (unpaired) electrons. The summed E-state index contributed by atoms with van der Waals surface area (Å²) in [6, 6.07) is 4.15. The van der Waals surface area contributed by atoms with E-state index in [2.05, 4.69) is 26.3 Å². The van der Waals surface area contributed by atoms with Crippen molar-refractivity contribution in [1.82, 2.24) is 10.4 Å². The summed E-state index contributed by atoms with van der Waals surface area (Å²) in [5.41, 5.74) is 3.97. The molecule has 0 aliphatic heterocycles. The van der Waals surface area contributed by atoms with Gasteiger partial charge >= 0.3 is 0 Å². The first-order chi connectivity index (χ1) is 9.74. The predicted molar refractivity (Wildman–Crippen MR) is 84.1 cm³/mol. The molecule has 2 atom stereocenters. The fraction of sp³-hybridized carbons (Fsp3) is 0.667. The Morgan fingerprint density at radius 3 is 2.70 bits per heavy atom. The SMILES string of the molecule is COC(C1CCCCC1)C(Cc1ccc(Br)cn1)NN. The van der Waals surface area contributed by atoms with Crippen LogP contribution in [0.5, 0.6) is 0 Å². The van der Waals surface area contributed by atoms with Crippen LogP contribution >= 0.6 is 15.9 Å². The molecule has 1 aliphatic rings. The van der Waals surface area contributed by atoms with E-state index in [0.29, 0.717) is 5.92 Å². The van der Waals surface area contributed by atoms with E-state index >= 15 is 0 Å². The minimum Gasteiger partial charge on any atom is -0.379 e. The molecule has 1 saturated carbocycles. The van der Waals surface area contributed by atoms with Crippen LogP contribution < -0.4 is 11.3 Å². The van der Waals surface area contributed by atoms with Crippen molar-refractivity contribution in [3.8, 4) is 0 Å². The largest absolute Gasteiger partial charge is 0.379 e. The zero-order valence-electron chi connectivity index (χ0n) is 12.0. The molecule has 5 heteroatoms. The van der Waals surface area contributed by atoms with Gasteiger partial charge in [-0.3, -0.25) is 16.3 Å². The van der Waals surface area contributed by atoms with E-state index in [9.17, 15) is 0 Å². The van der Waals surface area contributed by atoms with Gasteiger partial charge in [0.05, 0.1) is 12.1 Å². The average Bonchev–Trinajstić information content (AvgIpc) is 2.50. The van der Waals surface area contributed by atoms with Gasteiger partial charge in [-0.25, -0.2) is 0 Å². The summed E-state index contributed by atoms with van der Waals surface area (Å²) in [4.78, 5) is 4.43. The van der Waals surface area contributed by atoms with Gasteiger partial charge in [-0.1, -0.05) is 19.3 Å². The molecule has 0 spiro atoms. The smallest absolute Gasteiger partial charge is 0.0769 e. The van der Waals surface area contributed by atoms with Gasteiger partial charge in [0.2, 0.25) is 0 Å². The summed E-state index contributed by atoms with van der Waals surface area (Å²) in [5.74, 6) is 6.37. The molecule has 3 N–H and O–H groups in total. The fourth-order valence-corrected chi connectivity index (χ4v) is 3.40. The van der Waals surface area contributed by atoms with E-state index < -0.39 is 0 Å². The number of halogens is 1. The first kappa shape index (κ1) is 15.9. The Labute approximate surface area is 129 Å². The number of methoxy groups -OCH3 is 1. The first-order valence-corrected chi connectivity index (χ1v) is 8.13. The van der Waals surface area contributed by atoms with Crippen LogP contribution in [0.1, 0.15) is 37.8 Å². The predicted octanol–water partition coefficient (Wildman–Crippen LogP) is 2.81. The summed E-state index contributed by atoms with van der Waals surface area (Å²) in [6.45, 7) is 0. The standard InChI is InChI=1S/C15H24BrN3O/c1-20-15(11-5-3-2-4-6-11)14(19-17)9-13-8-7-12(16)10-18-13/h7-8,10-11,14-15,19H,2-6,9,17H2,1H3. The van der Waals surface area contributed by atoms with Crippen LogP contribution in [-0.2, 0) is 11.2 Å². The van der Waals surface area contributed by atoms with Crippen molar-refractivity contribution in [1.29, 1.82) is 0 Å². The van der Waals surface area contributed by atoms with Crippen LogP contribution in [0.15, 0.2) is 22.8 Å². The van der Waals surface area contributed by atoms with Gasteiger partial charge in [-0.15, -0.1) is 0 Å². The zero-order valence-corrected chi connectivity index (χ0v) is 13.6. The molecule has 2 unspecified atom stereocenters. The van der Waals surface area contributed by atoms with Crippen LogP contribution in [-0.4, -0.2) is 24.2 Å². The maximum absolute atomic E-state index is 5.77. The van der Waals surface area contributed by atoms with Gasteiger partial charge < -0.3 is 4.74 Å². The van der Waals surface area contributed by atoms with Crippen molar-refractivity contribution in [2.45, 2.75) is 50.7 Å². The molecule has 1 fully saturated rings. The van der Waals surface area contributed by atoms with Crippen LogP contribution in [0.3, 0.4) is 0 Å². The number of hydrogen-bond donors (Lipinski definition) is 2. The Morgan fingerprint density at radius 2 is 2.15 bits per heavy atom. The van der Waals surface area contributed by atoms with Crippen molar-refractivity contribution >= 4 is 15.9 Å². The van der Waals surface area contributed by atoms with E-state index in [-0.39, 0.29) is 12.1 Å². The summed E-state index contributed by atoms with van der Waals surface area (Å²) in [7, 11) is 1.79. The molecule has 1 aromatic heterocycles. The summed E-state index contributed by atoms with van der Waals surface area (Å²) < 4.78 is 6.75. The minimum atomic E-state index is 0.108. The number of nitrogens with one attached hydrogen (secondary N) is 1.